The average molecular weight is 516 g/mol. The first-order chi connectivity index (χ1) is 16.7. The van der Waals surface area contributed by atoms with Crippen molar-refractivity contribution < 1.29 is 22.8 Å². The number of amidine groups is 1. The fourth-order valence-corrected chi connectivity index (χ4v) is 4.20. The number of anilines is 2. The van der Waals surface area contributed by atoms with E-state index in [9.17, 15) is 22.8 Å². The normalized spacial score (nSPS) is 14.9. The van der Waals surface area contributed by atoms with Crippen molar-refractivity contribution >= 4 is 57.8 Å². The van der Waals surface area contributed by atoms with Crippen LogP contribution in [0.4, 0.5) is 24.5 Å². The molecule has 0 radical (unpaired) electrons. The van der Waals surface area contributed by atoms with Crippen molar-refractivity contribution in [2.45, 2.75) is 6.18 Å². The van der Waals surface area contributed by atoms with Crippen molar-refractivity contribution in [3.63, 3.8) is 0 Å². The number of rotatable bonds is 5. The van der Waals surface area contributed by atoms with E-state index >= 15 is 0 Å². The molecule has 1 aliphatic rings. The molecule has 0 spiro atoms. The molecule has 0 bridgehead atoms. The van der Waals surface area contributed by atoms with Gasteiger partial charge in [-0.3, -0.25) is 14.5 Å². The van der Waals surface area contributed by atoms with E-state index in [0.717, 1.165) is 35.5 Å². The molecule has 0 saturated carbocycles. The van der Waals surface area contributed by atoms with E-state index in [1.165, 1.54) is 4.90 Å². The number of carbonyl (C=O) groups excluding carboxylic acids is 2. The Bertz CT molecular complexity index is 1310. The van der Waals surface area contributed by atoms with Crippen molar-refractivity contribution in [2.24, 2.45) is 4.99 Å². The highest BCUT2D eigenvalue weighted by Gasteiger charge is 2.33. The van der Waals surface area contributed by atoms with Gasteiger partial charge in [0.05, 0.1) is 27.7 Å². The predicted molar refractivity (Wildman–Crippen MR) is 133 cm³/mol. The second kappa shape index (κ2) is 10.4. The lowest BCUT2D eigenvalue weighted by molar-refractivity contribution is -0.137. The number of hydrogen-bond donors (Lipinski definition) is 1. The Kier molecular flexibility index (Phi) is 7.28. The summed E-state index contributed by atoms with van der Waals surface area (Å²) in [7, 11) is 0. The van der Waals surface area contributed by atoms with E-state index in [-0.39, 0.29) is 33.2 Å². The Morgan fingerprint density at radius 1 is 1.03 bits per heavy atom. The topological polar surface area (TPSA) is 61.8 Å². The largest absolute Gasteiger partial charge is 0.416 e. The van der Waals surface area contributed by atoms with Gasteiger partial charge in [-0.1, -0.05) is 71.9 Å². The molecule has 4 rings (SSSR count). The Balaban J connectivity index is 1.54. The molecule has 0 aromatic heterocycles. The highest BCUT2D eigenvalue weighted by Crippen LogP contribution is 2.34. The third-order valence-corrected chi connectivity index (χ3v) is 6.12. The van der Waals surface area contributed by atoms with E-state index in [0.29, 0.717) is 5.69 Å². The monoisotopic (exact) mass is 515 g/mol. The fraction of sp³-hybridized carbons (Fsp3) is 0.0800. The van der Waals surface area contributed by atoms with Gasteiger partial charge in [-0.05, 0) is 42.0 Å². The number of amides is 2. The number of thioether (sulfide) groups is 1. The summed E-state index contributed by atoms with van der Waals surface area (Å²) in [6, 6.07) is 20.7. The Morgan fingerprint density at radius 3 is 2.34 bits per heavy atom. The Labute approximate surface area is 208 Å². The molecule has 0 unspecified atom stereocenters. The third-order valence-electron chi connectivity index (χ3n) is 4.85. The summed E-state index contributed by atoms with van der Waals surface area (Å²) < 4.78 is 39.0. The zero-order valence-corrected chi connectivity index (χ0v) is 19.5. The maximum atomic E-state index is 13.1. The zero-order chi connectivity index (χ0) is 25.0. The van der Waals surface area contributed by atoms with Crippen LogP contribution in [0.3, 0.4) is 0 Å². The van der Waals surface area contributed by atoms with E-state index in [4.69, 9.17) is 11.6 Å². The molecule has 5 nitrogen and oxygen atoms in total. The number of halogens is 4. The van der Waals surface area contributed by atoms with Crippen molar-refractivity contribution in [1.29, 1.82) is 0 Å². The van der Waals surface area contributed by atoms with Gasteiger partial charge in [-0.2, -0.15) is 13.2 Å². The Hall–Kier alpha value is -3.56. The SMILES string of the molecule is O=C(CSC1=N/C(=C/c2ccccc2)C(=O)N1c1ccccc1)Nc1cc(C(F)(F)F)ccc1Cl. The third kappa shape index (κ3) is 5.93. The highest BCUT2D eigenvalue weighted by atomic mass is 35.5. The molecule has 10 heteroatoms. The highest BCUT2D eigenvalue weighted by molar-refractivity contribution is 8.14. The van der Waals surface area contributed by atoms with Gasteiger partial charge in [0.15, 0.2) is 5.17 Å². The Morgan fingerprint density at radius 2 is 1.69 bits per heavy atom. The van der Waals surface area contributed by atoms with Crippen LogP contribution in [0.15, 0.2) is 89.6 Å². The molecule has 1 aliphatic heterocycles. The predicted octanol–water partition coefficient (Wildman–Crippen LogP) is 6.47. The minimum Gasteiger partial charge on any atom is -0.324 e. The average Bonchev–Trinajstić information content (AvgIpc) is 3.14. The number of nitrogens with zero attached hydrogens (tertiary/aromatic N) is 2. The lowest BCUT2D eigenvalue weighted by atomic mass is 10.2. The van der Waals surface area contributed by atoms with Crippen molar-refractivity contribution in [3.8, 4) is 0 Å². The van der Waals surface area contributed by atoms with Crippen molar-refractivity contribution in [1.82, 2.24) is 0 Å². The number of nitrogens with one attached hydrogen (secondary N) is 1. The molecule has 0 atom stereocenters. The quantitative estimate of drug-likeness (QED) is 0.396. The second-order valence-corrected chi connectivity index (χ2v) is 8.69. The summed E-state index contributed by atoms with van der Waals surface area (Å²) in [5, 5.41) is 2.65. The van der Waals surface area contributed by atoms with Gasteiger partial charge >= 0.3 is 6.18 Å². The van der Waals surface area contributed by atoms with Crippen molar-refractivity contribution in [2.75, 3.05) is 16.0 Å². The molecular formula is C25H17ClF3N3O2S. The van der Waals surface area contributed by atoms with E-state index in [1.54, 1.807) is 36.4 Å². The van der Waals surface area contributed by atoms with E-state index in [2.05, 4.69) is 10.3 Å². The molecule has 0 saturated heterocycles. The first-order valence-electron chi connectivity index (χ1n) is 10.3. The van der Waals surface area contributed by atoms with Crippen LogP contribution >= 0.6 is 23.4 Å². The summed E-state index contributed by atoms with van der Waals surface area (Å²) in [6.45, 7) is 0. The smallest absolute Gasteiger partial charge is 0.324 e. The maximum absolute atomic E-state index is 13.1. The van der Waals surface area contributed by atoms with Gasteiger partial charge in [-0.25, -0.2) is 4.99 Å². The molecule has 0 aliphatic carbocycles. The lowest BCUT2D eigenvalue weighted by Gasteiger charge is -2.17. The zero-order valence-electron chi connectivity index (χ0n) is 17.9. The summed E-state index contributed by atoms with van der Waals surface area (Å²) >= 11 is 6.95. The number of hydrogen-bond acceptors (Lipinski definition) is 4. The number of benzene rings is 3. The summed E-state index contributed by atoms with van der Waals surface area (Å²) in [5.74, 6) is -1.16. The standard InChI is InChI=1S/C25H17ClF3N3O2S/c26-19-12-11-17(25(27,28)29)14-20(19)30-22(33)15-35-24-31-21(13-16-7-3-1-4-8-16)23(34)32(24)18-9-5-2-6-10-18/h1-14H,15H2,(H,30,33)/b21-13+. The number of para-hydroxylation sites is 1. The number of alkyl halides is 3. The molecule has 0 fully saturated rings. The van der Waals surface area contributed by atoms with Crippen LogP contribution in [0.25, 0.3) is 6.08 Å². The second-order valence-electron chi connectivity index (χ2n) is 7.34. The number of aliphatic imine (C=N–C) groups is 1. The van der Waals surface area contributed by atoms with Gasteiger partial charge in [-0.15, -0.1) is 0 Å². The van der Waals surface area contributed by atoms with E-state index in [1.807, 2.05) is 30.3 Å². The molecule has 1 heterocycles. The van der Waals surface area contributed by atoms with Crippen LogP contribution in [0.1, 0.15) is 11.1 Å². The minimum absolute atomic E-state index is 0.0243. The van der Waals surface area contributed by atoms with Crippen LogP contribution in [-0.2, 0) is 15.8 Å². The molecule has 2 amide bonds. The van der Waals surface area contributed by atoms with Gasteiger partial charge in [0.2, 0.25) is 5.91 Å². The van der Waals surface area contributed by atoms with Crippen LogP contribution in [0.2, 0.25) is 5.02 Å². The van der Waals surface area contributed by atoms with Crippen LogP contribution < -0.4 is 10.2 Å². The van der Waals surface area contributed by atoms with Crippen molar-refractivity contribution in [3.05, 3.63) is 101 Å². The van der Waals surface area contributed by atoms with Crippen LogP contribution in [0.5, 0.6) is 0 Å². The molecule has 1 N–H and O–H groups in total. The fourth-order valence-electron chi connectivity index (χ4n) is 3.22. The van der Waals surface area contributed by atoms with Gasteiger partial charge in [0.1, 0.15) is 5.70 Å². The first kappa shape index (κ1) is 24.6. The van der Waals surface area contributed by atoms with Crippen LogP contribution in [-0.4, -0.2) is 22.7 Å². The molecule has 3 aromatic rings. The maximum Gasteiger partial charge on any atom is 0.416 e. The molecule has 178 valence electrons. The summed E-state index contributed by atoms with van der Waals surface area (Å²) in [4.78, 5) is 31.5. The minimum atomic E-state index is -4.57. The van der Waals surface area contributed by atoms with Crippen LogP contribution in [0, 0.1) is 0 Å². The van der Waals surface area contributed by atoms with Gasteiger partial charge < -0.3 is 5.32 Å². The lowest BCUT2D eigenvalue weighted by Crippen LogP contribution is -2.31. The summed E-state index contributed by atoms with van der Waals surface area (Å²) in [5.41, 5.74) is 0.476. The van der Waals surface area contributed by atoms with E-state index < -0.39 is 17.6 Å². The number of carbonyl (C=O) groups is 2. The summed E-state index contributed by atoms with van der Waals surface area (Å²) in [6.07, 6.45) is -2.93. The van der Waals surface area contributed by atoms with Gasteiger partial charge in [0, 0.05) is 0 Å². The first-order valence-corrected chi connectivity index (χ1v) is 11.6. The molecular weight excluding hydrogens is 499 g/mol. The van der Waals surface area contributed by atoms with Gasteiger partial charge in [0.25, 0.3) is 5.91 Å². The molecule has 35 heavy (non-hydrogen) atoms. The molecule has 3 aromatic carbocycles.